The second-order valence-corrected chi connectivity index (χ2v) is 4.04. The normalized spacial score (nSPS) is 19.0. The number of hydrogen-bond donors (Lipinski definition) is 1. The molecule has 0 amide bonds. The molecule has 2 N–H and O–H groups in total. The molecule has 0 saturated heterocycles. The topological polar surface area (TPSA) is 38.5 Å². The lowest BCUT2D eigenvalue weighted by atomic mass is 10.0. The zero-order valence-electron chi connectivity index (χ0n) is 8.68. The van der Waals surface area contributed by atoms with Gasteiger partial charge in [-0.2, -0.15) is 0 Å². The van der Waals surface area contributed by atoms with Crippen molar-refractivity contribution in [3.05, 3.63) is 12.3 Å². The summed E-state index contributed by atoms with van der Waals surface area (Å²) in [6.07, 6.45) is 2.39. The van der Waals surface area contributed by atoms with Crippen LogP contribution >= 0.6 is 0 Å². The van der Waals surface area contributed by atoms with Crippen LogP contribution in [0.4, 0.5) is 0 Å². The molecule has 1 aliphatic carbocycles. The third-order valence-corrected chi connectivity index (χ3v) is 2.78. The number of rotatable bonds is 6. The average molecular weight is 184 g/mol. The largest absolute Gasteiger partial charge is 0.402 e. The second-order valence-electron chi connectivity index (χ2n) is 4.04. The quantitative estimate of drug-likeness (QED) is 0.664. The zero-order valence-corrected chi connectivity index (χ0v) is 8.68. The van der Waals surface area contributed by atoms with Crippen LogP contribution in [0.3, 0.4) is 0 Å². The molecule has 0 bridgehead atoms. The molecule has 0 spiro atoms. The smallest absolute Gasteiger partial charge is 0.0589 e. The fourth-order valence-corrected chi connectivity index (χ4v) is 1.57. The van der Waals surface area contributed by atoms with Crippen LogP contribution in [0.1, 0.15) is 12.8 Å². The van der Waals surface area contributed by atoms with E-state index in [0.29, 0.717) is 0 Å². The van der Waals surface area contributed by atoms with E-state index >= 15 is 0 Å². The third-order valence-electron chi connectivity index (χ3n) is 2.78. The molecule has 1 fully saturated rings. The molecular formula is C10H20N2O. The molecule has 0 unspecified atom stereocenters. The number of methoxy groups -OCH3 is 1. The highest BCUT2D eigenvalue weighted by Gasteiger charge is 2.44. The fraction of sp³-hybridized carbons (Fsp3) is 0.800. The van der Waals surface area contributed by atoms with Crippen molar-refractivity contribution < 1.29 is 4.74 Å². The predicted octanol–water partition coefficient (Wildman–Crippen LogP) is 0.817. The molecule has 3 heteroatoms. The standard InChI is InChI=1S/C10H20N2O/c1-9(11)10(4-5-10)8-12(2)6-7-13-3/h1,4-8,11H2,2-3H3. The van der Waals surface area contributed by atoms with E-state index in [1.54, 1.807) is 7.11 Å². The van der Waals surface area contributed by atoms with Gasteiger partial charge in [0.05, 0.1) is 6.61 Å². The Morgan fingerprint density at radius 2 is 2.23 bits per heavy atom. The Morgan fingerprint density at radius 3 is 2.62 bits per heavy atom. The van der Waals surface area contributed by atoms with E-state index in [-0.39, 0.29) is 5.41 Å². The summed E-state index contributed by atoms with van der Waals surface area (Å²) >= 11 is 0. The Bertz CT molecular complexity index is 187. The van der Waals surface area contributed by atoms with E-state index in [1.807, 2.05) is 0 Å². The highest BCUT2D eigenvalue weighted by atomic mass is 16.5. The Kier molecular flexibility index (Phi) is 3.33. The molecule has 0 atom stereocenters. The van der Waals surface area contributed by atoms with Crippen molar-refractivity contribution in [1.29, 1.82) is 0 Å². The minimum Gasteiger partial charge on any atom is -0.402 e. The van der Waals surface area contributed by atoms with Crippen molar-refractivity contribution in [2.75, 3.05) is 33.9 Å². The van der Waals surface area contributed by atoms with Gasteiger partial charge in [-0.15, -0.1) is 0 Å². The van der Waals surface area contributed by atoms with Gasteiger partial charge in [0.1, 0.15) is 0 Å². The average Bonchev–Trinajstić information content (AvgIpc) is 2.82. The van der Waals surface area contributed by atoms with Gasteiger partial charge < -0.3 is 15.4 Å². The minimum absolute atomic E-state index is 0.225. The number of likely N-dealkylation sites (N-methyl/N-ethyl adjacent to an activating group) is 1. The van der Waals surface area contributed by atoms with Gasteiger partial charge in [-0.1, -0.05) is 6.58 Å². The summed E-state index contributed by atoms with van der Waals surface area (Å²) < 4.78 is 5.01. The van der Waals surface area contributed by atoms with Crippen LogP contribution in [0.2, 0.25) is 0 Å². The molecule has 1 saturated carbocycles. The van der Waals surface area contributed by atoms with Crippen LogP contribution in [0, 0.1) is 5.41 Å². The zero-order chi connectivity index (χ0) is 9.90. The number of nitrogens with two attached hydrogens (primary N) is 1. The summed E-state index contributed by atoms with van der Waals surface area (Å²) in [5, 5.41) is 0. The Hall–Kier alpha value is -0.540. The predicted molar refractivity (Wildman–Crippen MR) is 54.4 cm³/mol. The van der Waals surface area contributed by atoms with Gasteiger partial charge >= 0.3 is 0 Å². The Morgan fingerprint density at radius 1 is 1.62 bits per heavy atom. The molecule has 13 heavy (non-hydrogen) atoms. The van der Waals surface area contributed by atoms with Gasteiger partial charge in [-0.05, 0) is 19.9 Å². The first-order valence-corrected chi connectivity index (χ1v) is 4.73. The van der Waals surface area contributed by atoms with Crippen LogP contribution in [0.25, 0.3) is 0 Å². The fourth-order valence-electron chi connectivity index (χ4n) is 1.57. The van der Waals surface area contributed by atoms with Crippen LogP contribution < -0.4 is 5.73 Å². The molecule has 3 nitrogen and oxygen atoms in total. The maximum atomic E-state index is 5.76. The van der Waals surface area contributed by atoms with E-state index in [1.165, 1.54) is 12.8 Å². The first kappa shape index (κ1) is 10.5. The van der Waals surface area contributed by atoms with Crippen molar-refractivity contribution in [2.24, 2.45) is 11.1 Å². The molecular weight excluding hydrogens is 164 g/mol. The Labute approximate surface area is 80.5 Å². The SMILES string of the molecule is C=C(N)C1(CN(C)CCOC)CC1. The number of ether oxygens (including phenoxy) is 1. The highest BCUT2D eigenvalue weighted by molar-refractivity contribution is 5.16. The molecule has 0 aromatic heterocycles. The summed E-state index contributed by atoms with van der Waals surface area (Å²) in [7, 11) is 3.82. The van der Waals surface area contributed by atoms with Crippen molar-refractivity contribution >= 4 is 0 Å². The summed E-state index contributed by atoms with van der Waals surface area (Å²) in [5.41, 5.74) is 6.83. The van der Waals surface area contributed by atoms with Crippen molar-refractivity contribution in [1.82, 2.24) is 4.90 Å². The van der Waals surface area contributed by atoms with Gasteiger partial charge in [0.2, 0.25) is 0 Å². The van der Waals surface area contributed by atoms with Crippen LogP contribution in [-0.2, 0) is 4.74 Å². The molecule has 1 aliphatic rings. The first-order valence-electron chi connectivity index (χ1n) is 4.73. The number of hydrogen-bond acceptors (Lipinski definition) is 3. The lowest BCUT2D eigenvalue weighted by molar-refractivity contribution is 0.153. The van der Waals surface area contributed by atoms with Gasteiger partial charge in [0, 0.05) is 31.3 Å². The molecule has 0 aromatic rings. The van der Waals surface area contributed by atoms with E-state index < -0.39 is 0 Å². The molecule has 76 valence electrons. The van der Waals surface area contributed by atoms with Crippen molar-refractivity contribution in [3.8, 4) is 0 Å². The summed E-state index contributed by atoms with van der Waals surface area (Å²) in [6, 6.07) is 0. The van der Waals surface area contributed by atoms with Gasteiger partial charge in [-0.3, -0.25) is 0 Å². The molecule has 1 rings (SSSR count). The lowest BCUT2D eigenvalue weighted by Gasteiger charge is -2.23. The molecule has 0 aromatic carbocycles. The molecule has 0 heterocycles. The minimum atomic E-state index is 0.225. The molecule has 0 aliphatic heterocycles. The first-order chi connectivity index (χ1) is 6.10. The van der Waals surface area contributed by atoms with E-state index in [2.05, 4.69) is 18.5 Å². The van der Waals surface area contributed by atoms with Crippen LogP contribution in [0.5, 0.6) is 0 Å². The highest BCUT2D eigenvalue weighted by Crippen LogP contribution is 2.49. The van der Waals surface area contributed by atoms with E-state index in [4.69, 9.17) is 10.5 Å². The summed E-state index contributed by atoms with van der Waals surface area (Å²) in [5.74, 6) is 0. The monoisotopic (exact) mass is 184 g/mol. The van der Waals surface area contributed by atoms with Gasteiger partial charge in [0.15, 0.2) is 0 Å². The van der Waals surface area contributed by atoms with Crippen LogP contribution in [-0.4, -0.2) is 38.8 Å². The second kappa shape index (κ2) is 4.11. The lowest BCUT2D eigenvalue weighted by Crippen LogP contribution is -2.32. The molecule has 0 radical (unpaired) electrons. The summed E-state index contributed by atoms with van der Waals surface area (Å²) in [6.45, 7) is 6.61. The van der Waals surface area contributed by atoms with Crippen molar-refractivity contribution in [2.45, 2.75) is 12.8 Å². The number of nitrogens with zero attached hydrogens (tertiary/aromatic N) is 1. The van der Waals surface area contributed by atoms with Gasteiger partial charge in [-0.25, -0.2) is 0 Å². The third kappa shape index (κ3) is 2.71. The van der Waals surface area contributed by atoms with Crippen molar-refractivity contribution in [3.63, 3.8) is 0 Å². The maximum absolute atomic E-state index is 5.76. The summed E-state index contributed by atoms with van der Waals surface area (Å²) in [4.78, 5) is 2.26. The van der Waals surface area contributed by atoms with E-state index in [0.717, 1.165) is 25.4 Å². The van der Waals surface area contributed by atoms with E-state index in [9.17, 15) is 0 Å². The Balaban J connectivity index is 2.27. The van der Waals surface area contributed by atoms with Crippen LogP contribution in [0.15, 0.2) is 12.3 Å². The maximum Gasteiger partial charge on any atom is 0.0589 e. The van der Waals surface area contributed by atoms with Gasteiger partial charge in [0.25, 0.3) is 0 Å².